The average Bonchev–Trinajstić information content (AvgIpc) is 3.24. The number of amides is 3. The normalized spacial score (nSPS) is 16.5. The van der Waals surface area contributed by atoms with Crippen molar-refractivity contribution in [2.24, 2.45) is 0 Å². The molecular formula is C21H19N3O4. The van der Waals surface area contributed by atoms with E-state index < -0.39 is 18.0 Å². The predicted octanol–water partition coefficient (Wildman–Crippen LogP) is 2.62. The van der Waals surface area contributed by atoms with Gasteiger partial charge in [-0.3, -0.25) is 9.69 Å². The van der Waals surface area contributed by atoms with Crippen molar-refractivity contribution in [1.82, 2.24) is 15.2 Å². The first-order valence-electron chi connectivity index (χ1n) is 8.91. The molecular weight excluding hydrogens is 358 g/mol. The van der Waals surface area contributed by atoms with Crippen LogP contribution in [0.15, 0.2) is 54.7 Å². The molecule has 2 heterocycles. The molecule has 1 aliphatic heterocycles. The summed E-state index contributed by atoms with van der Waals surface area (Å²) in [5.74, 6) is -0.687. The molecule has 0 unspecified atom stereocenters. The summed E-state index contributed by atoms with van der Waals surface area (Å²) in [6.45, 7) is 0.149. The second-order valence-electron chi connectivity index (χ2n) is 6.68. The van der Waals surface area contributed by atoms with E-state index >= 15 is 0 Å². The molecule has 2 aromatic carbocycles. The number of imide groups is 1. The summed E-state index contributed by atoms with van der Waals surface area (Å²) < 4.78 is 4.67. The maximum Gasteiger partial charge on any atom is 0.337 e. The standard InChI is InChI=1S/C21H19N3O4/c1-28-20(26)14-8-6-13(7-9-14)12-24-19(25)18(23-21(24)27)10-15-11-22-17-5-3-2-4-16(15)17/h2-9,11,18,22H,10,12H2,1H3,(H,23,27)/t18-/m0/s1. The molecule has 142 valence electrons. The van der Waals surface area contributed by atoms with Crippen LogP contribution in [0.25, 0.3) is 10.9 Å². The quantitative estimate of drug-likeness (QED) is 0.528. The number of urea groups is 1. The molecule has 3 aromatic rings. The molecule has 3 amide bonds. The molecule has 0 aliphatic carbocycles. The number of aromatic nitrogens is 1. The Hall–Kier alpha value is -3.61. The second-order valence-corrected chi connectivity index (χ2v) is 6.68. The van der Waals surface area contributed by atoms with E-state index in [2.05, 4.69) is 15.0 Å². The number of carbonyl (C=O) groups excluding carboxylic acids is 3. The van der Waals surface area contributed by atoms with Gasteiger partial charge in [-0.2, -0.15) is 0 Å². The fraction of sp³-hybridized carbons (Fsp3) is 0.190. The molecule has 1 atom stereocenters. The Labute approximate surface area is 161 Å². The minimum absolute atomic E-state index is 0.149. The van der Waals surface area contributed by atoms with Gasteiger partial charge in [0.05, 0.1) is 19.2 Å². The number of ether oxygens (including phenoxy) is 1. The number of H-pyrrole nitrogens is 1. The number of methoxy groups -OCH3 is 1. The summed E-state index contributed by atoms with van der Waals surface area (Å²) >= 11 is 0. The maximum absolute atomic E-state index is 12.8. The third-order valence-electron chi connectivity index (χ3n) is 4.92. The molecule has 28 heavy (non-hydrogen) atoms. The summed E-state index contributed by atoms with van der Waals surface area (Å²) in [5, 5.41) is 3.81. The van der Waals surface area contributed by atoms with Crippen LogP contribution < -0.4 is 5.32 Å². The monoisotopic (exact) mass is 377 g/mol. The Kier molecular flexibility index (Phi) is 4.57. The fourth-order valence-corrected chi connectivity index (χ4v) is 3.43. The molecule has 0 radical (unpaired) electrons. The zero-order chi connectivity index (χ0) is 19.7. The van der Waals surface area contributed by atoms with E-state index in [1.807, 2.05) is 30.5 Å². The van der Waals surface area contributed by atoms with Gasteiger partial charge in [-0.05, 0) is 29.3 Å². The SMILES string of the molecule is COC(=O)c1ccc(CN2C(=O)N[C@@H](Cc3c[nH]c4ccccc34)C2=O)cc1. The van der Waals surface area contributed by atoms with Gasteiger partial charge in [0.2, 0.25) is 0 Å². The van der Waals surface area contributed by atoms with Gasteiger partial charge in [-0.25, -0.2) is 9.59 Å². The van der Waals surface area contributed by atoms with E-state index in [9.17, 15) is 14.4 Å². The Morgan fingerprint density at radius 1 is 1.11 bits per heavy atom. The van der Waals surface area contributed by atoms with Crippen molar-refractivity contribution in [3.8, 4) is 0 Å². The molecule has 4 rings (SSSR count). The summed E-state index contributed by atoms with van der Waals surface area (Å²) in [6.07, 6.45) is 2.30. The summed E-state index contributed by atoms with van der Waals surface area (Å²) in [7, 11) is 1.32. The Morgan fingerprint density at radius 2 is 1.86 bits per heavy atom. The van der Waals surface area contributed by atoms with Gasteiger partial charge in [0.15, 0.2) is 0 Å². The van der Waals surface area contributed by atoms with Gasteiger partial charge >= 0.3 is 12.0 Å². The molecule has 1 fully saturated rings. The van der Waals surface area contributed by atoms with Gasteiger partial charge in [0.1, 0.15) is 6.04 Å². The third-order valence-corrected chi connectivity index (χ3v) is 4.92. The lowest BCUT2D eigenvalue weighted by Crippen LogP contribution is -2.32. The highest BCUT2D eigenvalue weighted by Gasteiger charge is 2.38. The minimum Gasteiger partial charge on any atom is -0.465 e. The first kappa shape index (κ1) is 17.8. The lowest BCUT2D eigenvalue weighted by Gasteiger charge is -2.13. The van der Waals surface area contributed by atoms with Crippen LogP contribution in [0.5, 0.6) is 0 Å². The number of benzene rings is 2. The topological polar surface area (TPSA) is 91.5 Å². The minimum atomic E-state index is -0.596. The van der Waals surface area contributed by atoms with E-state index in [1.165, 1.54) is 12.0 Å². The predicted molar refractivity (Wildman–Crippen MR) is 103 cm³/mol. The smallest absolute Gasteiger partial charge is 0.337 e. The Morgan fingerprint density at radius 3 is 2.61 bits per heavy atom. The van der Waals surface area contributed by atoms with Gasteiger partial charge in [-0.15, -0.1) is 0 Å². The molecule has 2 N–H and O–H groups in total. The maximum atomic E-state index is 12.8. The molecule has 7 nitrogen and oxygen atoms in total. The van der Waals surface area contributed by atoms with Crippen LogP contribution in [0.4, 0.5) is 4.79 Å². The highest BCUT2D eigenvalue weighted by Crippen LogP contribution is 2.22. The van der Waals surface area contributed by atoms with Crippen molar-refractivity contribution in [3.63, 3.8) is 0 Å². The number of hydrogen-bond acceptors (Lipinski definition) is 4. The molecule has 1 saturated heterocycles. The second kappa shape index (κ2) is 7.19. The Balaban J connectivity index is 1.47. The van der Waals surface area contributed by atoms with E-state index in [0.717, 1.165) is 22.0 Å². The molecule has 0 bridgehead atoms. The molecule has 0 saturated carbocycles. The highest BCUT2D eigenvalue weighted by atomic mass is 16.5. The first-order chi connectivity index (χ1) is 13.6. The van der Waals surface area contributed by atoms with Crippen LogP contribution >= 0.6 is 0 Å². The van der Waals surface area contributed by atoms with Crippen molar-refractivity contribution in [1.29, 1.82) is 0 Å². The first-order valence-corrected chi connectivity index (χ1v) is 8.91. The van der Waals surface area contributed by atoms with Gasteiger partial charge in [-0.1, -0.05) is 30.3 Å². The molecule has 1 aromatic heterocycles. The number of hydrogen-bond donors (Lipinski definition) is 2. The number of fused-ring (bicyclic) bond motifs is 1. The van der Waals surface area contributed by atoms with Gasteiger partial charge in [0, 0.05) is 23.5 Å². The van der Waals surface area contributed by atoms with E-state index in [4.69, 9.17) is 0 Å². The largest absolute Gasteiger partial charge is 0.465 e. The summed E-state index contributed by atoms with van der Waals surface area (Å²) in [5.41, 5.74) is 3.15. The molecule has 1 aliphatic rings. The van der Waals surface area contributed by atoms with E-state index in [1.54, 1.807) is 24.3 Å². The number of nitrogens with one attached hydrogen (secondary N) is 2. The van der Waals surface area contributed by atoms with Crippen LogP contribution in [0.3, 0.4) is 0 Å². The number of nitrogens with zero attached hydrogens (tertiary/aromatic N) is 1. The van der Waals surface area contributed by atoms with Crippen LogP contribution in [-0.2, 0) is 22.5 Å². The highest BCUT2D eigenvalue weighted by molar-refractivity contribution is 6.04. The van der Waals surface area contributed by atoms with Crippen molar-refractivity contribution in [3.05, 3.63) is 71.4 Å². The van der Waals surface area contributed by atoms with Crippen LogP contribution in [0.1, 0.15) is 21.5 Å². The average molecular weight is 377 g/mol. The van der Waals surface area contributed by atoms with Gasteiger partial charge in [0.25, 0.3) is 5.91 Å². The number of rotatable bonds is 5. The molecule has 7 heteroatoms. The zero-order valence-electron chi connectivity index (χ0n) is 15.3. The lowest BCUT2D eigenvalue weighted by atomic mass is 10.0. The van der Waals surface area contributed by atoms with Crippen LogP contribution in [-0.4, -0.2) is 40.9 Å². The molecule has 0 spiro atoms. The number of para-hydroxylation sites is 1. The van der Waals surface area contributed by atoms with E-state index in [-0.39, 0.29) is 12.5 Å². The van der Waals surface area contributed by atoms with Crippen molar-refractivity contribution < 1.29 is 19.1 Å². The van der Waals surface area contributed by atoms with Crippen LogP contribution in [0, 0.1) is 0 Å². The number of esters is 1. The zero-order valence-corrected chi connectivity index (χ0v) is 15.3. The number of carbonyl (C=O) groups is 3. The van der Waals surface area contributed by atoms with Crippen molar-refractivity contribution in [2.45, 2.75) is 19.0 Å². The lowest BCUT2D eigenvalue weighted by molar-refractivity contribution is -0.127. The number of aromatic amines is 1. The Bertz CT molecular complexity index is 1050. The van der Waals surface area contributed by atoms with Gasteiger partial charge < -0.3 is 15.0 Å². The van der Waals surface area contributed by atoms with Crippen molar-refractivity contribution >= 4 is 28.8 Å². The summed E-state index contributed by atoms with van der Waals surface area (Å²) in [6, 6.07) is 13.5. The van der Waals surface area contributed by atoms with E-state index in [0.29, 0.717) is 12.0 Å². The van der Waals surface area contributed by atoms with Crippen molar-refractivity contribution in [2.75, 3.05) is 7.11 Å². The third kappa shape index (κ3) is 3.22. The fourth-order valence-electron chi connectivity index (χ4n) is 3.43. The van der Waals surface area contributed by atoms with Crippen LogP contribution in [0.2, 0.25) is 0 Å². The summed E-state index contributed by atoms with van der Waals surface area (Å²) in [4.78, 5) is 41.0.